The minimum absolute atomic E-state index is 0.0643. The fraction of sp³-hybridized carbons (Fsp3) is 0.688. The van der Waals surface area contributed by atoms with E-state index in [1.807, 2.05) is 4.98 Å². The summed E-state index contributed by atoms with van der Waals surface area (Å²) >= 11 is 6.02. The largest absolute Gasteiger partial charge is 0.458 e. The van der Waals surface area contributed by atoms with Gasteiger partial charge in [0.25, 0.3) is 5.56 Å². The molecule has 2 N–H and O–H groups in total. The predicted octanol–water partition coefficient (Wildman–Crippen LogP) is 0.721. The molecule has 1 saturated heterocycles. The molecular weight excluding hydrogens is 371 g/mol. The lowest BCUT2D eigenvalue weighted by Crippen LogP contribution is -2.50. The van der Waals surface area contributed by atoms with Gasteiger partial charge < -0.3 is 14.6 Å². The number of aliphatic hydroxyl groups excluding tert-OH is 1. The van der Waals surface area contributed by atoms with Gasteiger partial charge in [-0.05, 0) is 27.2 Å². The molecule has 26 heavy (non-hydrogen) atoms. The van der Waals surface area contributed by atoms with Gasteiger partial charge in [0.2, 0.25) is 1.43 Å². The molecule has 4 atom stereocenters. The first kappa shape index (κ1) is 19.1. The molecule has 0 aromatic carbocycles. The van der Waals surface area contributed by atoms with Crippen LogP contribution in [0.1, 0.15) is 33.4 Å². The molecule has 1 aliphatic heterocycles. The van der Waals surface area contributed by atoms with Crippen molar-refractivity contribution in [2.45, 2.75) is 50.8 Å². The molecule has 0 aliphatic carbocycles. The molecular formula is C16H22ClFN2O6. The number of hydrogen-bond donors (Lipinski definition) is 2. The fourth-order valence-electron chi connectivity index (χ4n) is 2.93. The number of aliphatic hydroxyl groups is 1. The highest BCUT2D eigenvalue weighted by atomic mass is 35.5. The number of rotatable bonds is 6. The maximum atomic E-state index is 15.3. The number of aromatic nitrogens is 2. The van der Waals surface area contributed by atoms with Crippen molar-refractivity contribution in [3.63, 3.8) is 0 Å². The van der Waals surface area contributed by atoms with Crippen LogP contribution in [0.3, 0.4) is 0 Å². The number of hydrogen-bond acceptors (Lipinski definition) is 6. The first-order chi connectivity index (χ1) is 12.6. The van der Waals surface area contributed by atoms with E-state index in [4.69, 9.17) is 22.5 Å². The zero-order chi connectivity index (χ0) is 20.4. The van der Waals surface area contributed by atoms with Crippen LogP contribution in [0.5, 0.6) is 0 Å². The Bertz CT molecular complexity index is 794. The van der Waals surface area contributed by atoms with Crippen molar-refractivity contribution in [1.29, 1.82) is 1.43 Å². The van der Waals surface area contributed by atoms with Gasteiger partial charge in [-0.15, -0.1) is 11.6 Å². The average Bonchev–Trinajstić information content (AvgIpc) is 2.85. The van der Waals surface area contributed by atoms with E-state index in [9.17, 15) is 14.4 Å². The van der Waals surface area contributed by atoms with E-state index < -0.39 is 52.6 Å². The second kappa shape index (κ2) is 7.50. The normalized spacial score (nSPS) is 29.4. The van der Waals surface area contributed by atoms with Crippen LogP contribution in [0, 0.1) is 5.92 Å². The minimum Gasteiger partial charge on any atom is -0.458 e. The number of nitrogens with one attached hydrogen (secondary N) is 1. The number of carbonyl (C=O) groups excluding carboxylic acids is 1. The standard InChI is InChI=1S/C16H22ClFN2O6/c1-15(2,3)26-13(23)16(8-17)9(5-7-21)11(18)12(25-16)20-6-4-10(22)19-14(20)24/h4,6,9,11-12,21H,5,7-8H2,1-3H3,(H,19,22,24)/t9-,11+,12+,16-/m0/s1/i21T. The lowest BCUT2D eigenvalue weighted by atomic mass is 9.84. The third-order valence-electron chi connectivity index (χ3n) is 4.08. The van der Waals surface area contributed by atoms with Crippen LogP contribution in [0.15, 0.2) is 21.9 Å². The lowest BCUT2D eigenvalue weighted by molar-refractivity contribution is -0.187. The zero-order valence-corrected chi connectivity index (χ0v) is 15.4. The highest BCUT2D eigenvalue weighted by Gasteiger charge is 2.61. The van der Waals surface area contributed by atoms with Crippen LogP contribution in [0.4, 0.5) is 4.39 Å². The SMILES string of the molecule is [3H]OCC[C@H]1[C@@H](F)[C@H](n2ccc(=O)[nH]c2=O)O[C@]1(CCl)C(=O)OC(C)(C)C. The van der Waals surface area contributed by atoms with Crippen molar-refractivity contribution in [1.82, 2.24) is 9.55 Å². The zero-order valence-electron chi connectivity index (χ0n) is 15.7. The summed E-state index contributed by atoms with van der Waals surface area (Å²) in [6.07, 6.45) is -2.33. The average molecular weight is 395 g/mol. The van der Waals surface area contributed by atoms with Crippen LogP contribution in [0.25, 0.3) is 0 Å². The summed E-state index contributed by atoms with van der Waals surface area (Å²) in [6, 6.07) is 1.04. The quantitative estimate of drug-likeness (QED) is 0.543. The molecule has 0 saturated carbocycles. The highest BCUT2D eigenvalue weighted by molar-refractivity contribution is 6.20. The molecule has 0 bridgehead atoms. The second-order valence-electron chi connectivity index (χ2n) is 7.09. The van der Waals surface area contributed by atoms with Crippen LogP contribution >= 0.6 is 11.6 Å². The number of ether oxygens (including phenoxy) is 2. The number of nitrogens with zero attached hydrogens (tertiary/aromatic N) is 1. The van der Waals surface area contributed by atoms with Gasteiger partial charge in [0.05, 0.1) is 5.88 Å². The molecule has 10 heteroatoms. The third kappa shape index (κ3) is 3.84. The van der Waals surface area contributed by atoms with Gasteiger partial charge >= 0.3 is 11.7 Å². The molecule has 0 spiro atoms. The van der Waals surface area contributed by atoms with Crippen molar-refractivity contribution in [2.24, 2.45) is 5.92 Å². The summed E-state index contributed by atoms with van der Waals surface area (Å²) in [5.41, 5.74) is -4.30. The number of aromatic amines is 1. The van der Waals surface area contributed by atoms with Gasteiger partial charge in [-0.2, -0.15) is 0 Å². The summed E-state index contributed by atoms with van der Waals surface area (Å²) in [7, 11) is 0. The Balaban J connectivity index is 2.48. The van der Waals surface area contributed by atoms with Gasteiger partial charge in [-0.25, -0.2) is 14.0 Å². The van der Waals surface area contributed by atoms with Crippen LogP contribution in [0.2, 0.25) is 0 Å². The van der Waals surface area contributed by atoms with E-state index in [0.717, 1.165) is 16.8 Å². The molecule has 1 aromatic rings. The summed E-state index contributed by atoms with van der Waals surface area (Å²) in [4.78, 5) is 38.1. The van der Waals surface area contributed by atoms with Gasteiger partial charge in [0.1, 0.15) is 5.60 Å². The van der Waals surface area contributed by atoms with Crippen LogP contribution in [-0.4, -0.2) is 51.9 Å². The van der Waals surface area contributed by atoms with E-state index in [0.29, 0.717) is 0 Å². The Morgan fingerprint density at radius 3 is 2.81 bits per heavy atom. The summed E-state index contributed by atoms with van der Waals surface area (Å²) < 4.78 is 34.0. The minimum atomic E-state index is -1.88. The van der Waals surface area contributed by atoms with Crippen molar-refractivity contribution in [3.8, 4) is 0 Å². The molecule has 1 aromatic heterocycles. The molecule has 1 aliphatic rings. The van der Waals surface area contributed by atoms with E-state index in [1.165, 1.54) is 0 Å². The monoisotopic (exact) mass is 394 g/mol. The topological polar surface area (TPSA) is 111 Å². The number of esters is 1. The maximum Gasteiger partial charge on any atom is 0.340 e. The molecule has 146 valence electrons. The second-order valence-corrected chi connectivity index (χ2v) is 7.36. The van der Waals surface area contributed by atoms with Crippen molar-refractivity contribution in [2.75, 3.05) is 12.5 Å². The Kier molecular flexibility index (Phi) is 5.50. The Morgan fingerprint density at radius 1 is 1.58 bits per heavy atom. The van der Waals surface area contributed by atoms with E-state index in [-0.39, 0.29) is 13.0 Å². The predicted molar refractivity (Wildman–Crippen MR) is 90.8 cm³/mol. The maximum absolute atomic E-state index is 15.3. The first-order valence-corrected chi connectivity index (χ1v) is 8.60. The molecule has 2 rings (SSSR count). The van der Waals surface area contributed by atoms with Crippen LogP contribution < -0.4 is 11.2 Å². The lowest BCUT2D eigenvalue weighted by Gasteiger charge is -2.33. The number of alkyl halides is 2. The summed E-state index contributed by atoms with van der Waals surface area (Å²) in [5, 5.41) is 4.27. The summed E-state index contributed by atoms with van der Waals surface area (Å²) in [5.74, 6) is -2.43. The summed E-state index contributed by atoms with van der Waals surface area (Å²) in [6.45, 7) is 4.74. The molecule has 8 nitrogen and oxygen atoms in total. The smallest absolute Gasteiger partial charge is 0.340 e. The molecule has 1 fully saturated rings. The number of carbonyl (C=O) groups is 1. The number of halogens is 2. The first-order valence-electron chi connectivity index (χ1n) is 8.47. The molecule has 0 radical (unpaired) electrons. The van der Waals surface area contributed by atoms with E-state index >= 15 is 4.39 Å². The molecule has 2 heterocycles. The Morgan fingerprint density at radius 2 is 2.27 bits per heavy atom. The Labute approximate surface area is 155 Å². The van der Waals surface area contributed by atoms with Crippen LogP contribution in [-0.2, 0) is 14.3 Å². The molecule has 0 unspecified atom stereocenters. The van der Waals surface area contributed by atoms with Gasteiger partial charge in [0, 0.05) is 24.8 Å². The van der Waals surface area contributed by atoms with E-state index in [2.05, 4.69) is 5.11 Å². The van der Waals surface area contributed by atoms with Gasteiger partial charge in [-0.1, -0.05) is 0 Å². The van der Waals surface area contributed by atoms with Crippen molar-refractivity contribution < 1.29 is 23.8 Å². The van der Waals surface area contributed by atoms with Gasteiger partial charge in [0.15, 0.2) is 18.0 Å². The van der Waals surface area contributed by atoms with E-state index in [1.54, 1.807) is 20.8 Å². The van der Waals surface area contributed by atoms with Gasteiger partial charge in [-0.3, -0.25) is 14.3 Å². The third-order valence-corrected chi connectivity index (χ3v) is 4.48. The molecule has 0 amide bonds. The Hall–Kier alpha value is -1.71. The number of H-pyrrole nitrogens is 1. The van der Waals surface area contributed by atoms with Crippen molar-refractivity contribution in [3.05, 3.63) is 33.1 Å². The van der Waals surface area contributed by atoms with Crippen molar-refractivity contribution >= 4 is 17.6 Å². The highest BCUT2D eigenvalue weighted by Crippen LogP contribution is 2.46. The fourth-order valence-corrected chi connectivity index (χ4v) is 3.30.